The first kappa shape index (κ1) is 11.5. The van der Waals surface area contributed by atoms with Crippen molar-refractivity contribution in [3.63, 3.8) is 0 Å². The molecule has 0 amide bonds. The van der Waals surface area contributed by atoms with Crippen molar-refractivity contribution in [2.24, 2.45) is 5.92 Å². The lowest BCUT2D eigenvalue weighted by Gasteiger charge is -2.34. The number of carboxylic acid groups (broad SMARTS) is 1. The lowest BCUT2D eigenvalue weighted by molar-refractivity contribution is -0.146. The van der Waals surface area contributed by atoms with Gasteiger partial charge in [0.25, 0.3) is 0 Å². The summed E-state index contributed by atoms with van der Waals surface area (Å²) in [7, 11) is 0. The van der Waals surface area contributed by atoms with Crippen molar-refractivity contribution >= 4 is 17.3 Å². The molecular formula is C11H16N2O2S. The standard InChI is InChI=1S/C11H16N2O2S/c1-7-13-8(6-16-7)4-5-12-10-3-2-9(10)11(14)15/h6,9-10,12H,2-5H2,1H3,(H,14,15). The molecule has 0 aliphatic heterocycles. The zero-order chi connectivity index (χ0) is 11.5. The van der Waals surface area contributed by atoms with Gasteiger partial charge in [-0.3, -0.25) is 4.79 Å². The number of thiazole rings is 1. The maximum absolute atomic E-state index is 10.8. The van der Waals surface area contributed by atoms with Crippen LogP contribution in [0.15, 0.2) is 5.38 Å². The van der Waals surface area contributed by atoms with Crippen molar-refractivity contribution in [2.75, 3.05) is 6.54 Å². The van der Waals surface area contributed by atoms with Crippen molar-refractivity contribution in [2.45, 2.75) is 32.2 Å². The second kappa shape index (κ2) is 4.93. The Hall–Kier alpha value is -0.940. The minimum absolute atomic E-state index is 0.164. The molecule has 0 spiro atoms. The highest BCUT2D eigenvalue weighted by atomic mass is 32.1. The highest BCUT2D eigenvalue weighted by Crippen LogP contribution is 2.27. The van der Waals surface area contributed by atoms with Crippen molar-refractivity contribution < 1.29 is 9.90 Å². The van der Waals surface area contributed by atoms with E-state index >= 15 is 0 Å². The van der Waals surface area contributed by atoms with Gasteiger partial charge in [-0.05, 0) is 19.8 Å². The van der Waals surface area contributed by atoms with Gasteiger partial charge in [-0.2, -0.15) is 0 Å². The fraction of sp³-hybridized carbons (Fsp3) is 0.636. The molecule has 1 heterocycles. The molecule has 1 aromatic heterocycles. The normalized spacial score (nSPS) is 24.1. The molecule has 16 heavy (non-hydrogen) atoms. The van der Waals surface area contributed by atoms with Crippen molar-refractivity contribution in [3.05, 3.63) is 16.1 Å². The van der Waals surface area contributed by atoms with E-state index < -0.39 is 5.97 Å². The lowest BCUT2D eigenvalue weighted by atomic mass is 9.79. The third kappa shape index (κ3) is 2.59. The summed E-state index contributed by atoms with van der Waals surface area (Å²) < 4.78 is 0. The molecule has 1 aromatic rings. The van der Waals surface area contributed by atoms with Crippen LogP contribution in [0.2, 0.25) is 0 Å². The number of carbonyl (C=O) groups is 1. The van der Waals surface area contributed by atoms with E-state index in [4.69, 9.17) is 5.11 Å². The lowest BCUT2D eigenvalue weighted by Crippen LogP contribution is -2.48. The number of nitrogens with zero attached hydrogens (tertiary/aromatic N) is 1. The number of nitrogens with one attached hydrogen (secondary N) is 1. The number of aliphatic carboxylic acids is 1. The molecule has 0 saturated heterocycles. The van der Waals surface area contributed by atoms with E-state index in [0.29, 0.717) is 0 Å². The van der Waals surface area contributed by atoms with Crippen LogP contribution in [0.4, 0.5) is 0 Å². The minimum Gasteiger partial charge on any atom is -0.481 e. The molecule has 2 rings (SSSR count). The summed E-state index contributed by atoms with van der Waals surface area (Å²) in [5.41, 5.74) is 1.10. The van der Waals surface area contributed by atoms with Gasteiger partial charge in [-0.25, -0.2) is 4.98 Å². The maximum atomic E-state index is 10.8. The van der Waals surface area contributed by atoms with Crippen LogP contribution in [-0.2, 0) is 11.2 Å². The zero-order valence-electron chi connectivity index (χ0n) is 9.27. The molecular weight excluding hydrogens is 224 g/mol. The summed E-state index contributed by atoms with van der Waals surface area (Å²) in [6.45, 7) is 2.81. The van der Waals surface area contributed by atoms with Crippen LogP contribution in [-0.4, -0.2) is 28.6 Å². The van der Waals surface area contributed by atoms with E-state index in [9.17, 15) is 4.79 Å². The van der Waals surface area contributed by atoms with E-state index in [1.54, 1.807) is 11.3 Å². The predicted octanol–water partition coefficient (Wildman–Crippen LogP) is 1.45. The van der Waals surface area contributed by atoms with Gasteiger partial charge < -0.3 is 10.4 Å². The average Bonchev–Trinajstić information content (AvgIpc) is 2.56. The quantitative estimate of drug-likeness (QED) is 0.817. The van der Waals surface area contributed by atoms with Crippen LogP contribution < -0.4 is 5.32 Å². The minimum atomic E-state index is -0.673. The Morgan fingerprint density at radius 2 is 2.50 bits per heavy atom. The molecule has 88 valence electrons. The van der Waals surface area contributed by atoms with Crippen LogP contribution in [0, 0.1) is 12.8 Å². The Bertz CT molecular complexity index is 378. The predicted molar refractivity (Wildman–Crippen MR) is 62.7 cm³/mol. The van der Waals surface area contributed by atoms with Gasteiger partial charge in [-0.15, -0.1) is 11.3 Å². The van der Waals surface area contributed by atoms with E-state index in [0.717, 1.165) is 36.5 Å². The number of rotatable bonds is 5. The highest BCUT2D eigenvalue weighted by Gasteiger charge is 2.35. The molecule has 5 heteroatoms. The topological polar surface area (TPSA) is 62.2 Å². The molecule has 2 N–H and O–H groups in total. The van der Waals surface area contributed by atoms with Crippen LogP contribution >= 0.6 is 11.3 Å². The Morgan fingerprint density at radius 1 is 1.69 bits per heavy atom. The first-order chi connectivity index (χ1) is 7.66. The fourth-order valence-electron chi connectivity index (χ4n) is 1.95. The Morgan fingerprint density at radius 3 is 3.00 bits per heavy atom. The molecule has 4 nitrogen and oxygen atoms in total. The second-order valence-corrected chi connectivity index (χ2v) is 5.25. The summed E-state index contributed by atoms with van der Waals surface area (Å²) in [5, 5.41) is 15.3. The number of aromatic nitrogens is 1. The first-order valence-electron chi connectivity index (χ1n) is 5.54. The molecule has 1 aliphatic carbocycles. The van der Waals surface area contributed by atoms with Gasteiger partial charge in [0.1, 0.15) is 0 Å². The van der Waals surface area contributed by atoms with Gasteiger partial charge in [-0.1, -0.05) is 0 Å². The molecule has 1 saturated carbocycles. The summed E-state index contributed by atoms with van der Waals surface area (Å²) in [6, 6.07) is 0.164. The van der Waals surface area contributed by atoms with E-state index in [1.807, 2.05) is 6.92 Å². The molecule has 1 aliphatic rings. The monoisotopic (exact) mass is 240 g/mol. The van der Waals surface area contributed by atoms with E-state index in [1.165, 1.54) is 0 Å². The zero-order valence-corrected chi connectivity index (χ0v) is 10.1. The second-order valence-electron chi connectivity index (χ2n) is 4.19. The number of carboxylic acids is 1. The van der Waals surface area contributed by atoms with Gasteiger partial charge in [0.2, 0.25) is 0 Å². The van der Waals surface area contributed by atoms with Crippen LogP contribution in [0.5, 0.6) is 0 Å². The first-order valence-corrected chi connectivity index (χ1v) is 6.42. The maximum Gasteiger partial charge on any atom is 0.308 e. The number of hydrogen-bond acceptors (Lipinski definition) is 4. The van der Waals surface area contributed by atoms with Crippen LogP contribution in [0.1, 0.15) is 23.5 Å². The van der Waals surface area contributed by atoms with Crippen molar-refractivity contribution in [3.8, 4) is 0 Å². The molecule has 0 bridgehead atoms. The summed E-state index contributed by atoms with van der Waals surface area (Å²) in [6.07, 6.45) is 2.67. The Kier molecular flexibility index (Phi) is 3.56. The molecule has 0 radical (unpaired) electrons. The number of hydrogen-bond donors (Lipinski definition) is 2. The van der Waals surface area contributed by atoms with E-state index in [2.05, 4.69) is 15.7 Å². The van der Waals surface area contributed by atoms with Crippen LogP contribution in [0.25, 0.3) is 0 Å². The van der Waals surface area contributed by atoms with Gasteiger partial charge in [0.05, 0.1) is 16.6 Å². The van der Waals surface area contributed by atoms with Crippen molar-refractivity contribution in [1.82, 2.24) is 10.3 Å². The molecule has 1 fully saturated rings. The summed E-state index contributed by atoms with van der Waals surface area (Å²) in [4.78, 5) is 15.1. The van der Waals surface area contributed by atoms with Gasteiger partial charge >= 0.3 is 5.97 Å². The fourth-order valence-corrected chi connectivity index (χ4v) is 2.60. The highest BCUT2D eigenvalue weighted by molar-refractivity contribution is 7.09. The van der Waals surface area contributed by atoms with Crippen molar-refractivity contribution in [1.29, 1.82) is 0 Å². The number of aryl methyl sites for hydroxylation is 1. The van der Waals surface area contributed by atoms with E-state index in [-0.39, 0.29) is 12.0 Å². The van der Waals surface area contributed by atoms with Gasteiger partial charge in [0.15, 0.2) is 0 Å². The smallest absolute Gasteiger partial charge is 0.308 e. The molecule has 0 aromatic carbocycles. The summed E-state index contributed by atoms with van der Waals surface area (Å²) >= 11 is 1.66. The van der Waals surface area contributed by atoms with Crippen LogP contribution in [0.3, 0.4) is 0 Å². The third-order valence-corrected chi connectivity index (χ3v) is 3.87. The Labute approximate surface area is 98.7 Å². The molecule has 2 unspecified atom stereocenters. The summed E-state index contributed by atoms with van der Waals surface area (Å²) in [5.74, 6) is -0.856. The van der Waals surface area contributed by atoms with Gasteiger partial charge in [0, 0.05) is 24.4 Å². The largest absolute Gasteiger partial charge is 0.481 e. The SMILES string of the molecule is Cc1nc(CCNC2CCC2C(=O)O)cs1. The third-order valence-electron chi connectivity index (χ3n) is 3.05. The Balaban J connectivity index is 1.70. The average molecular weight is 240 g/mol. The molecule has 2 atom stereocenters.